The molecular weight excluding hydrogens is 337 g/mol. The Labute approximate surface area is 131 Å². The highest BCUT2D eigenvalue weighted by Gasteiger charge is 2.25. The summed E-state index contributed by atoms with van der Waals surface area (Å²) in [6.45, 7) is 0. The molecule has 1 heterocycles. The van der Waals surface area contributed by atoms with E-state index in [-0.39, 0.29) is 20.7 Å². The lowest BCUT2D eigenvalue weighted by Crippen LogP contribution is -2.09. The van der Waals surface area contributed by atoms with Gasteiger partial charge < -0.3 is 5.11 Å². The summed E-state index contributed by atoms with van der Waals surface area (Å²) in [7, 11) is -3.80. The van der Waals surface area contributed by atoms with Crippen molar-refractivity contribution in [3.05, 3.63) is 57.8 Å². The topological polar surface area (TPSA) is 84.3 Å². The molecule has 0 radical (unpaired) electrons. The minimum atomic E-state index is -3.80. The van der Waals surface area contributed by atoms with Crippen LogP contribution in [0.2, 0.25) is 10.0 Å². The molecule has 0 saturated carbocycles. The van der Waals surface area contributed by atoms with Crippen molar-refractivity contribution < 1.29 is 18.3 Å². The summed E-state index contributed by atoms with van der Waals surface area (Å²) in [5.41, 5.74) is 0.0991. The van der Waals surface area contributed by atoms with Crippen molar-refractivity contribution in [2.45, 2.75) is 10.6 Å². The van der Waals surface area contributed by atoms with Gasteiger partial charge in [0.25, 0.3) is 0 Å². The van der Waals surface area contributed by atoms with Gasteiger partial charge in [0, 0.05) is 12.4 Å². The van der Waals surface area contributed by atoms with Gasteiger partial charge >= 0.3 is 5.97 Å². The SMILES string of the molecule is O=C(O)c1c(Cl)ccc(S(=O)(=O)Cc2ccncc2)c1Cl. The quantitative estimate of drug-likeness (QED) is 0.920. The van der Waals surface area contributed by atoms with Crippen molar-refractivity contribution >= 4 is 39.0 Å². The molecule has 5 nitrogen and oxygen atoms in total. The third-order valence-electron chi connectivity index (χ3n) is 2.71. The molecule has 0 aliphatic rings. The number of hydrogen-bond donors (Lipinski definition) is 1. The van der Waals surface area contributed by atoms with Gasteiger partial charge in [0.15, 0.2) is 9.84 Å². The van der Waals surface area contributed by atoms with E-state index in [4.69, 9.17) is 28.3 Å². The van der Waals surface area contributed by atoms with E-state index in [0.29, 0.717) is 5.56 Å². The van der Waals surface area contributed by atoms with E-state index in [9.17, 15) is 13.2 Å². The molecule has 0 fully saturated rings. The fraction of sp³-hybridized carbons (Fsp3) is 0.0769. The summed E-state index contributed by atoms with van der Waals surface area (Å²) in [5.74, 6) is -1.69. The number of aromatic nitrogens is 1. The fourth-order valence-electron chi connectivity index (χ4n) is 1.75. The van der Waals surface area contributed by atoms with Crippen LogP contribution in [0, 0.1) is 0 Å². The Kier molecular flexibility index (Phi) is 4.51. The van der Waals surface area contributed by atoms with Gasteiger partial charge in [-0.15, -0.1) is 0 Å². The number of hydrogen-bond acceptors (Lipinski definition) is 4. The molecule has 0 aliphatic heterocycles. The Morgan fingerprint density at radius 2 is 1.76 bits per heavy atom. The standard InChI is InChI=1S/C13H9Cl2NO4S/c14-9-1-2-10(12(15)11(9)13(17)18)21(19,20)7-8-3-5-16-6-4-8/h1-6H,7H2,(H,17,18). The molecule has 1 N–H and O–H groups in total. The molecule has 0 amide bonds. The van der Waals surface area contributed by atoms with Crippen LogP contribution in [0.1, 0.15) is 15.9 Å². The molecule has 0 aliphatic carbocycles. The predicted molar refractivity (Wildman–Crippen MR) is 78.5 cm³/mol. The number of sulfone groups is 1. The van der Waals surface area contributed by atoms with Crippen LogP contribution in [0.25, 0.3) is 0 Å². The number of pyridine rings is 1. The lowest BCUT2D eigenvalue weighted by atomic mass is 10.2. The Morgan fingerprint density at radius 3 is 2.33 bits per heavy atom. The molecule has 2 rings (SSSR count). The first kappa shape index (κ1) is 15.8. The van der Waals surface area contributed by atoms with Gasteiger partial charge in [-0.05, 0) is 29.8 Å². The highest BCUT2D eigenvalue weighted by Crippen LogP contribution is 2.32. The van der Waals surface area contributed by atoms with Gasteiger partial charge in [-0.25, -0.2) is 13.2 Å². The minimum Gasteiger partial charge on any atom is -0.478 e. The highest BCUT2D eigenvalue weighted by molar-refractivity contribution is 7.90. The van der Waals surface area contributed by atoms with Crippen LogP contribution in [-0.2, 0) is 15.6 Å². The summed E-state index contributed by atoms with van der Waals surface area (Å²) in [5, 5.41) is 8.55. The van der Waals surface area contributed by atoms with Crippen LogP contribution < -0.4 is 0 Å². The molecular formula is C13H9Cl2NO4S. The second kappa shape index (κ2) is 6.01. The molecule has 0 atom stereocenters. The van der Waals surface area contributed by atoms with E-state index in [1.165, 1.54) is 24.5 Å². The van der Waals surface area contributed by atoms with E-state index >= 15 is 0 Å². The van der Waals surface area contributed by atoms with Crippen molar-refractivity contribution in [1.29, 1.82) is 0 Å². The normalized spacial score (nSPS) is 11.3. The predicted octanol–water partition coefficient (Wildman–Crippen LogP) is 3.06. The molecule has 0 unspecified atom stereocenters. The lowest BCUT2D eigenvalue weighted by molar-refractivity contribution is 0.0697. The third kappa shape index (κ3) is 3.34. The van der Waals surface area contributed by atoms with Gasteiger partial charge in [0.1, 0.15) is 0 Å². The molecule has 21 heavy (non-hydrogen) atoms. The fourth-order valence-corrected chi connectivity index (χ4v) is 4.07. The Hall–Kier alpha value is -1.63. The van der Waals surface area contributed by atoms with Crippen molar-refractivity contribution in [1.82, 2.24) is 4.98 Å². The number of halogens is 2. The minimum absolute atomic E-state index is 0.115. The van der Waals surface area contributed by atoms with Gasteiger partial charge in [0.2, 0.25) is 0 Å². The molecule has 110 valence electrons. The van der Waals surface area contributed by atoms with Gasteiger partial charge in [-0.2, -0.15) is 0 Å². The first-order valence-corrected chi connectivity index (χ1v) is 8.06. The van der Waals surface area contributed by atoms with Gasteiger partial charge in [-0.3, -0.25) is 4.98 Å². The molecule has 1 aromatic carbocycles. The number of carboxylic acids is 1. The number of aromatic carboxylic acids is 1. The van der Waals surface area contributed by atoms with Crippen LogP contribution >= 0.6 is 23.2 Å². The molecule has 0 spiro atoms. The van der Waals surface area contributed by atoms with E-state index in [1.807, 2.05) is 0 Å². The van der Waals surface area contributed by atoms with Crippen LogP contribution in [0.15, 0.2) is 41.6 Å². The molecule has 8 heteroatoms. The summed E-state index contributed by atoms with van der Waals surface area (Å²) in [6, 6.07) is 5.52. The maximum absolute atomic E-state index is 12.4. The Bertz CT molecular complexity index is 791. The Balaban J connectivity index is 2.51. The zero-order chi connectivity index (χ0) is 15.6. The Morgan fingerprint density at radius 1 is 1.14 bits per heavy atom. The zero-order valence-corrected chi connectivity index (χ0v) is 12.8. The van der Waals surface area contributed by atoms with Crippen molar-refractivity contribution in [2.24, 2.45) is 0 Å². The monoisotopic (exact) mass is 345 g/mol. The van der Waals surface area contributed by atoms with E-state index in [2.05, 4.69) is 4.98 Å². The number of carbonyl (C=O) groups is 1. The largest absolute Gasteiger partial charge is 0.478 e. The van der Waals surface area contributed by atoms with Gasteiger partial charge in [-0.1, -0.05) is 23.2 Å². The van der Waals surface area contributed by atoms with E-state index < -0.39 is 21.4 Å². The summed E-state index contributed by atoms with van der Waals surface area (Å²) >= 11 is 11.6. The lowest BCUT2D eigenvalue weighted by Gasteiger charge is -2.10. The molecule has 0 bridgehead atoms. The number of rotatable bonds is 4. The first-order chi connectivity index (χ1) is 9.83. The molecule has 1 aromatic heterocycles. The molecule has 0 saturated heterocycles. The summed E-state index contributed by atoms with van der Waals surface area (Å²) < 4.78 is 24.7. The molecule has 2 aromatic rings. The second-order valence-corrected chi connectivity index (χ2v) is 6.90. The van der Waals surface area contributed by atoms with E-state index in [0.717, 1.165) is 0 Å². The second-order valence-electron chi connectivity index (χ2n) is 4.15. The first-order valence-electron chi connectivity index (χ1n) is 5.66. The van der Waals surface area contributed by atoms with Crippen LogP contribution in [0.3, 0.4) is 0 Å². The zero-order valence-electron chi connectivity index (χ0n) is 10.5. The summed E-state index contributed by atoms with van der Waals surface area (Å²) in [4.78, 5) is 14.6. The highest BCUT2D eigenvalue weighted by atomic mass is 35.5. The number of carboxylic acid groups (broad SMARTS) is 1. The van der Waals surface area contributed by atoms with E-state index in [1.54, 1.807) is 12.1 Å². The van der Waals surface area contributed by atoms with Crippen molar-refractivity contribution in [3.63, 3.8) is 0 Å². The smallest absolute Gasteiger partial charge is 0.338 e. The maximum Gasteiger partial charge on any atom is 0.338 e. The summed E-state index contributed by atoms with van der Waals surface area (Å²) in [6.07, 6.45) is 2.94. The van der Waals surface area contributed by atoms with Crippen molar-refractivity contribution in [2.75, 3.05) is 0 Å². The average Bonchev–Trinajstić information content (AvgIpc) is 2.38. The third-order valence-corrected chi connectivity index (χ3v) is 5.25. The van der Waals surface area contributed by atoms with Crippen LogP contribution in [0.5, 0.6) is 0 Å². The maximum atomic E-state index is 12.4. The number of nitrogens with zero attached hydrogens (tertiary/aromatic N) is 1. The number of benzene rings is 1. The van der Waals surface area contributed by atoms with Crippen LogP contribution in [0.4, 0.5) is 0 Å². The van der Waals surface area contributed by atoms with Crippen LogP contribution in [-0.4, -0.2) is 24.5 Å². The van der Waals surface area contributed by atoms with Gasteiger partial charge in [0.05, 0.1) is 26.3 Å². The van der Waals surface area contributed by atoms with Crippen molar-refractivity contribution in [3.8, 4) is 0 Å². The average molecular weight is 346 g/mol.